The Morgan fingerprint density at radius 2 is 2.11 bits per heavy atom. The van der Waals surface area contributed by atoms with Crippen LogP contribution in [0, 0.1) is 0 Å². The zero-order chi connectivity index (χ0) is 13.8. The summed E-state index contributed by atoms with van der Waals surface area (Å²) in [5.41, 5.74) is 2.22. The molecule has 0 heterocycles. The third-order valence-corrected chi connectivity index (χ3v) is 4.29. The van der Waals surface area contributed by atoms with E-state index >= 15 is 0 Å². The Hall–Kier alpha value is -0.770. The van der Waals surface area contributed by atoms with Gasteiger partial charge in [-0.25, -0.2) is 0 Å². The number of halogens is 1. The van der Waals surface area contributed by atoms with Crippen LogP contribution in [0.15, 0.2) is 18.2 Å². The summed E-state index contributed by atoms with van der Waals surface area (Å²) in [5, 5.41) is 14.1. The Bertz CT molecular complexity index is 425. The maximum absolute atomic E-state index is 10.2. The van der Waals surface area contributed by atoms with Gasteiger partial charge in [0.2, 0.25) is 0 Å². The molecule has 0 spiro atoms. The quantitative estimate of drug-likeness (QED) is 0.891. The van der Waals surface area contributed by atoms with Gasteiger partial charge in [-0.05, 0) is 31.5 Å². The highest BCUT2D eigenvalue weighted by molar-refractivity contribution is 6.33. The van der Waals surface area contributed by atoms with E-state index in [1.54, 1.807) is 0 Å². The minimum atomic E-state index is -0.252. The van der Waals surface area contributed by atoms with Crippen molar-refractivity contribution in [3.63, 3.8) is 0 Å². The molecule has 0 aliphatic heterocycles. The minimum Gasteiger partial charge on any atom is -0.391 e. The van der Waals surface area contributed by atoms with Crippen molar-refractivity contribution in [3.8, 4) is 0 Å². The summed E-state index contributed by atoms with van der Waals surface area (Å²) in [7, 11) is 3.97. The van der Waals surface area contributed by atoms with Gasteiger partial charge >= 0.3 is 0 Å². The summed E-state index contributed by atoms with van der Waals surface area (Å²) >= 11 is 6.38. The standard InChI is InChI=1S/C15H23ClN2O/c1-17-10-11-6-5-7-12(16)15(11)18(2)13-8-3-4-9-14(13)19/h5-7,13-14,17,19H,3-4,8-10H2,1-2H3. The van der Waals surface area contributed by atoms with Crippen molar-refractivity contribution < 1.29 is 5.11 Å². The van der Waals surface area contributed by atoms with Crippen LogP contribution in [0.2, 0.25) is 5.02 Å². The summed E-state index contributed by atoms with van der Waals surface area (Å²) in [6, 6.07) is 6.15. The van der Waals surface area contributed by atoms with E-state index in [1.165, 1.54) is 12.0 Å². The molecule has 0 aromatic heterocycles. The van der Waals surface area contributed by atoms with Crippen LogP contribution in [0.4, 0.5) is 5.69 Å². The molecule has 0 amide bonds. The first-order chi connectivity index (χ1) is 9.15. The van der Waals surface area contributed by atoms with Crippen molar-refractivity contribution in [1.29, 1.82) is 0 Å². The summed E-state index contributed by atoms with van der Waals surface area (Å²) in [6.45, 7) is 0.781. The van der Waals surface area contributed by atoms with Crippen LogP contribution < -0.4 is 10.2 Å². The molecule has 2 atom stereocenters. The van der Waals surface area contributed by atoms with Crippen LogP contribution in [0.1, 0.15) is 31.2 Å². The molecule has 2 unspecified atom stereocenters. The Labute approximate surface area is 120 Å². The Morgan fingerprint density at radius 3 is 2.79 bits per heavy atom. The average molecular weight is 283 g/mol. The minimum absolute atomic E-state index is 0.171. The average Bonchev–Trinajstić information content (AvgIpc) is 2.39. The lowest BCUT2D eigenvalue weighted by Crippen LogP contribution is -2.44. The molecule has 0 radical (unpaired) electrons. The number of aliphatic hydroxyl groups excluding tert-OH is 1. The zero-order valence-corrected chi connectivity index (χ0v) is 12.5. The summed E-state index contributed by atoms with van der Waals surface area (Å²) in [6.07, 6.45) is 3.97. The van der Waals surface area contributed by atoms with Crippen LogP contribution >= 0.6 is 11.6 Å². The van der Waals surface area contributed by atoms with Crippen molar-refractivity contribution in [2.24, 2.45) is 0 Å². The number of rotatable bonds is 4. The molecule has 106 valence electrons. The molecule has 3 nitrogen and oxygen atoms in total. The van der Waals surface area contributed by atoms with E-state index in [0.29, 0.717) is 0 Å². The largest absolute Gasteiger partial charge is 0.391 e. The van der Waals surface area contributed by atoms with E-state index in [9.17, 15) is 5.11 Å². The van der Waals surface area contributed by atoms with E-state index in [0.717, 1.165) is 36.5 Å². The molecule has 2 rings (SSSR count). The molecule has 0 saturated heterocycles. The second kappa shape index (κ2) is 6.60. The number of anilines is 1. The number of para-hydroxylation sites is 1. The molecular weight excluding hydrogens is 260 g/mol. The molecule has 0 bridgehead atoms. The highest BCUT2D eigenvalue weighted by Gasteiger charge is 2.28. The molecule has 1 aliphatic rings. The number of nitrogens with zero attached hydrogens (tertiary/aromatic N) is 1. The van der Waals surface area contributed by atoms with Gasteiger partial charge in [-0.15, -0.1) is 0 Å². The second-order valence-electron chi connectivity index (χ2n) is 5.31. The predicted molar refractivity (Wildman–Crippen MR) is 80.9 cm³/mol. The number of benzene rings is 1. The molecular formula is C15H23ClN2O. The fraction of sp³-hybridized carbons (Fsp3) is 0.600. The maximum Gasteiger partial charge on any atom is 0.0743 e. The van der Waals surface area contributed by atoms with E-state index in [-0.39, 0.29) is 12.1 Å². The van der Waals surface area contributed by atoms with Crippen molar-refractivity contribution in [2.45, 2.75) is 44.4 Å². The number of nitrogens with one attached hydrogen (secondary N) is 1. The van der Waals surface area contributed by atoms with E-state index in [2.05, 4.69) is 16.3 Å². The fourth-order valence-electron chi connectivity index (χ4n) is 3.00. The summed E-state index contributed by atoms with van der Waals surface area (Å²) < 4.78 is 0. The number of aliphatic hydroxyl groups is 1. The lowest BCUT2D eigenvalue weighted by atomic mass is 9.91. The van der Waals surface area contributed by atoms with Crippen LogP contribution in [-0.4, -0.2) is 31.3 Å². The van der Waals surface area contributed by atoms with Gasteiger partial charge in [0.15, 0.2) is 0 Å². The Morgan fingerprint density at radius 1 is 1.37 bits per heavy atom. The van der Waals surface area contributed by atoms with Gasteiger partial charge in [-0.1, -0.05) is 36.6 Å². The zero-order valence-electron chi connectivity index (χ0n) is 11.7. The molecule has 1 aliphatic carbocycles. The smallest absolute Gasteiger partial charge is 0.0743 e. The highest BCUT2D eigenvalue weighted by Crippen LogP contribution is 2.34. The molecule has 1 aromatic carbocycles. The van der Waals surface area contributed by atoms with Crippen LogP contribution in [0.5, 0.6) is 0 Å². The van der Waals surface area contributed by atoms with Gasteiger partial charge in [-0.2, -0.15) is 0 Å². The number of likely N-dealkylation sites (N-methyl/N-ethyl adjacent to an activating group) is 1. The third kappa shape index (κ3) is 3.22. The molecule has 4 heteroatoms. The van der Waals surface area contributed by atoms with Crippen molar-refractivity contribution in [2.75, 3.05) is 19.0 Å². The Kier molecular flexibility index (Phi) is 5.08. The van der Waals surface area contributed by atoms with Crippen molar-refractivity contribution >= 4 is 17.3 Å². The molecule has 1 saturated carbocycles. The lowest BCUT2D eigenvalue weighted by Gasteiger charge is -2.38. The third-order valence-electron chi connectivity index (χ3n) is 3.98. The first-order valence-electron chi connectivity index (χ1n) is 6.98. The van der Waals surface area contributed by atoms with E-state index < -0.39 is 0 Å². The first kappa shape index (κ1) is 14.6. The van der Waals surface area contributed by atoms with Crippen molar-refractivity contribution in [1.82, 2.24) is 5.32 Å². The van der Waals surface area contributed by atoms with Gasteiger partial charge in [0.25, 0.3) is 0 Å². The summed E-state index contributed by atoms with van der Waals surface area (Å²) in [5.74, 6) is 0. The predicted octanol–water partition coefficient (Wildman–Crippen LogP) is 2.80. The normalized spacial score (nSPS) is 23.4. The lowest BCUT2D eigenvalue weighted by molar-refractivity contribution is 0.106. The SMILES string of the molecule is CNCc1cccc(Cl)c1N(C)C1CCCCC1O. The fourth-order valence-corrected chi connectivity index (χ4v) is 3.32. The van der Waals surface area contributed by atoms with Crippen molar-refractivity contribution in [3.05, 3.63) is 28.8 Å². The monoisotopic (exact) mass is 282 g/mol. The van der Waals surface area contributed by atoms with E-state index in [4.69, 9.17) is 11.6 Å². The summed E-state index contributed by atoms with van der Waals surface area (Å²) in [4.78, 5) is 2.17. The van der Waals surface area contributed by atoms with Gasteiger partial charge in [-0.3, -0.25) is 0 Å². The highest BCUT2D eigenvalue weighted by atomic mass is 35.5. The first-order valence-corrected chi connectivity index (χ1v) is 7.36. The van der Waals surface area contributed by atoms with Gasteiger partial charge in [0.05, 0.1) is 22.9 Å². The molecule has 1 aromatic rings. The number of hydrogen-bond donors (Lipinski definition) is 2. The topological polar surface area (TPSA) is 35.5 Å². The second-order valence-corrected chi connectivity index (χ2v) is 5.72. The maximum atomic E-state index is 10.2. The van der Waals surface area contributed by atoms with Crippen LogP contribution in [-0.2, 0) is 6.54 Å². The Balaban J connectivity index is 2.28. The van der Waals surface area contributed by atoms with Gasteiger partial charge in [0, 0.05) is 13.6 Å². The number of hydrogen-bond acceptors (Lipinski definition) is 3. The van der Waals surface area contributed by atoms with Crippen LogP contribution in [0.3, 0.4) is 0 Å². The van der Waals surface area contributed by atoms with Gasteiger partial charge < -0.3 is 15.3 Å². The van der Waals surface area contributed by atoms with Gasteiger partial charge in [0.1, 0.15) is 0 Å². The van der Waals surface area contributed by atoms with E-state index in [1.807, 2.05) is 26.2 Å². The van der Waals surface area contributed by atoms with Crippen LogP contribution in [0.25, 0.3) is 0 Å². The molecule has 1 fully saturated rings. The molecule has 19 heavy (non-hydrogen) atoms. The molecule has 2 N–H and O–H groups in total.